The summed E-state index contributed by atoms with van der Waals surface area (Å²) in [5.74, 6) is 1.37. The number of aromatic nitrogens is 4. The van der Waals surface area contributed by atoms with Crippen molar-refractivity contribution in [1.29, 1.82) is 0 Å². The lowest BCUT2D eigenvalue weighted by atomic mass is 10.1. The molecule has 3 aromatic rings. The van der Waals surface area contributed by atoms with E-state index in [4.69, 9.17) is 9.72 Å². The molecule has 0 saturated carbocycles. The number of fused-ring (bicyclic) bond motifs is 3. The highest BCUT2D eigenvalue weighted by Gasteiger charge is 2.16. The highest BCUT2D eigenvalue weighted by molar-refractivity contribution is 5.92. The van der Waals surface area contributed by atoms with E-state index in [0.29, 0.717) is 12.4 Å². The smallest absolute Gasteiger partial charge is 0.257 e. The topological polar surface area (TPSA) is 55.6 Å². The Morgan fingerprint density at radius 2 is 2.20 bits per heavy atom. The van der Waals surface area contributed by atoms with Gasteiger partial charge >= 0.3 is 0 Å². The summed E-state index contributed by atoms with van der Waals surface area (Å²) in [6.07, 6.45) is 7.13. The molecule has 128 valence electrons. The number of benzene rings is 1. The third kappa shape index (κ3) is 3.04. The summed E-state index contributed by atoms with van der Waals surface area (Å²) in [5, 5.41) is 9.14. The summed E-state index contributed by atoms with van der Waals surface area (Å²) in [5.41, 5.74) is 2.99. The van der Waals surface area contributed by atoms with E-state index in [2.05, 4.69) is 47.3 Å². The third-order valence-electron chi connectivity index (χ3n) is 3.99. The number of likely N-dealkylation sites (N-methyl/N-ethyl adjacent to an activating group) is 1. The molecule has 2 aromatic heterocycles. The zero-order valence-corrected chi connectivity index (χ0v) is 14.5. The first-order valence-electron chi connectivity index (χ1n) is 8.07. The van der Waals surface area contributed by atoms with Crippen LogP contribution in [0.25, 0.3) is 16.7 Å². The van der Waals surface area contributed by atoms with E-state index in [-0.39, 0.29) is 0 Å². The summed E-state index contributed by atoms with van der Waals surface area (Å²) < 4.78 is 7.14. The third-order valence-corrected chi connectivity index (χ3v) is 3.99. The van der Waals surface area contributed by atoms with Gasteiger partial charge in [0.25, 0.3) is 5.78 Å². The molecule has 6 heteroatoms. The summed E-state index contributed by atoms with van der Waals surface area (Å²) in [6, 6.07) is 6.19. The lowest BCUT2D eigenvalue weighted by Crippen LogP contribution is -2.22. The van der Waals surface area contributed by atoms with Crippen molar-refractivity contribution >= 4 is 22.5 Å². The fraction of sp³-hybridized carbons (Fsp3) is 0.211. The van der Waals surface area contributed by atoms with E-state index >= 15 is 0 Å². The Balaban J connectivity index is 2.30. The van der Waals surface area contributed by atoms with Crippen LogP contribution in [-0.4, -0.2) is 33.2 Å². The number of nitrogens with zero attached hydrogens (tertiary/aromatic N) is 5. The van der Waals surface area contributed by atoms with Crippen molar-refractivity contribution in [3.05, 3.63) is 67.2 Å². The van der Waals surface area contributed by atoms with Gasteiger partial charge in [0.15, 0.2) is 0 Å². The molecule has 0 aliphatic heterocycles. The molecule has 0 radical (unpaired) electrons. The van der Waals surface area contributed by atoms with Gasteiger partial charge in [-0.1, -0.05) is 25.3 Å². The molecule has 2 heterocycles. The molecule has 0 unspecified atom stereocenters. The van der Waals surface area contributed by atoms with Crippen LogP contribution in [0.1, 0.15) is 12.5 Å². The van der Waals surface area contributed by atoms with Gasteiger partial charge < -0.3 is 9.64 Å². The van der Waals surface area contributed by atoms with Crippen molar-refractivity contribution in [3.8, 4) is 0 Å². The molecule has 0 aliphatic carbocycles. The maximum atomic E-state index is 5.26. The number of methoxy groups -OCH3 is 1. The van der Waals surface area contributed by atoms with Crippen LogP contribution in [0, 0.1) is 0 Å². The Morgan fingerprint density at radius 1 is 1.36 bits per heavy atom. The minimum atomic E-state index is 0.545. The fourth-order valence-corrected chi connectivity index (χ4v) is 2.90. The van der Waals surface area contributed by atoms with Crippen LogP contribution in [0.4, 0.5) is 5.82 Å². The van der Waals surface area contributed by atoms with Crippen molar-refractivity contribution < 1.29 is 4.74 Å². The van der Waals surface area contributed by atoms with Crippen LogP contribution in [0.2, 0.25) is 0 Å². The molecule has 0 fully saturated rings. The molecule has 3 rings (SSSR count). The number of hydrogen-bond acceptors (Lipinski definition) is 5. The zero-order chi connectivity index (χ0) is 17.8. The van der Waals surface area contributed by atoms with Crippen molar-refractivity contribution in [2.24, 2.45) is 0 Å². The average Bonchev–Trinajstić information content (AvgIpc) is 3.10. The van der Waals surface area contributed by atoms with Crippen molar-refractivity contribution in [2.75, 3.05) is 18.6 Å². The molecule has 0 bridgehead atoms. The van der Waals surface area contributed by atoms with Crippen molar-refractivity contribution in [3.63, 3.8) is 0 Å². The van der Waals surface area contributed by atoms with E-state index in [1.165, 1.54) is 0 Å². The maximum absolute atomic E-state index is 5.26. The van der Waals surface area contributed by atoms with Gasteiger partial charge in [-0.3, -0.25) is 4.40 Å². The molecule has 0 amide bonds. The predicted octanol–water partition coefficient (Wildman–Crippen LogP) is 3.51. The molecule has 1 aromatic carbocycles. The highest BCUT2D eigenvalue weighted by Crippen LogP contribution is 2.29. The van der Waals surface area contributed by atoms with Gasteiger partial charge in [0.2, 0.25) is 0 Å². The van der Waals surface area contributed by atoms with E-state index < -0.39 is 0 Å². The van der Waals surface area contributed by atoms with Gasteiger partial charge in [-0.25, -0.2) is 0 Å². The SMILES string of the molecule is C=C/C=C(\C=C)N(CC)c1nc2nncn2c2cc(COC)ccc12. The van der Waals surface area contributed by atoms with Crippen molar-refractivity contribution in [2.45, 2.75) is 13.5 Å². The second-order valence-electron chi connectivity index (χ2n) is 5.50. The Labute approximate surface area is 146 Å². The summed E-state index contributed by atoms with van der Waals surface area (Å²) in [7, 11) is 1.69. The van der Waals surface area contributed by atoms with E-state index in [9.17, 15) is 0 Å². The molecule has 0 atom stereocenters. The largest absolute Gasteiger partial charge is 0.380 e. The monoisotopic (exact) mass is 335 g/mol. The zero-order valence-electron chi connectivity index (χ0n) is 14.5. The molecular weight excluding hydrogens is 314 g/mol. The van der Waals surface area contributed by atoms with Gasteiger partial charge in [-0.2, -0.15) is 4.98 Å². The van der Waals surface area contributed by atoms with Crippen LogP contribution in [0.3, 0.4) is 0 Å². The predicted molar refractivity (Wildman–Crippen MR) is 100 cm³/mol. The molecule has 0 N–H and O–H groups in total. The number of rotatable bonds is 7. The average molecular weight is 335 g/mol. The number of hydrogen-bond donors (Lipinski definition) is 0. The first-order valence-corrected chi connectivity index (χ1v) is 8.07. The van der Waals surface area contributed by atoms with E-state index in [1.807, 2.05) is 16.5 Å². The molecule has 0 spiro atoms. The van der Waals surface area contributed by atoms with Gasteiger partial charge in [-0.05, 0) is 36.8 Å². The van der Waals surface area contributed by atoms with Crippen LogP contribution in [0.5, 0.6) is 0 Å². The molecule has 0 aliphatic rings. The molecule has 0 saturated heterocycles. The normalized spacial score (nSPS) is 11.8. The standard InChI is InChI=1S/C19H21N5O/c1-5-8-15(6-2)23(7-3)18-16-10-9-14(12-25-4)11-17(16)24-13-20-22-19(24)21-18/h5-6,8-11,13H,1-2,7,12H2,3-4H3/b15-8+. The Bertz CT molecular complexity index is 957. The Hall–Kier alpha value is -2.99. The van der Waals surface area contributed by atoms with Gasteiger partial charge in [-0.15, -0.1) is 10.2 Å². The lowest BCUT2D eigenvalue weighted by Gasteiger charge is -2.24. The minimum absolute atomic E-state index is 0.545. The number of ether oxygens (including phenoxy) is 1. The summed E-state index contributed by atoms with van der Waals surface area (Å²) in [4.78, 5) is 6.81. The Morgan fingerprint density at radius 3 is 2.88 bits per heavy atom. The quantitative estimate of drug-likeness (QED) is 0.619. The van der Waals surface area contributed by atoms with Gasteiger partial charge in [0.1, 0.15) is 12.1 Å². The molecule has 25 heavy (non-hydrogen) atoms. The van der Waals surface area contributed by atoms with E-state index in [0.717, 1.165) is 34.5 Å². The molecular formula is C19H21N5O. The highest BCUT2D eigenvalue weighted by atomic mass is 16.5. The van der Waals surface area contributed by atoms with Crippen LogP contribution < -0.4 is 4.90 Å². The second-order valence-corrected chi connectivity index (χ2v) is 5.50. The fourth-order valence-electron chi connectivity index (χ4n) is 2.90. The van der Waals surface area contributed by atoms with E-state index in [1.54, 1.807) is 25.6 Å². The summed E-state index contributed by atoms with van der Waals surface area (Å²) in [6.45, 7) is 11.0. The number of anilines is 1. The minimum Gasteiger partial charge on any atom is -0.380 e. The first kappa shape index (κ1) is 16.9. The second kappa shape index (κ2) is 7.27. The Kier molecular flexibility index (Phi) is 4.90. The summed E-state index contributed by atoms with van der Waals surface area (Å²) >= 11 is 0. The van der Waals surface area contributed by atoms with Gasteiger partial charge in [0, 0.05) is 24.7 Å². The van der Waals surface area contributed by atoms with Gasteiger partial charge in [0.05, 0.1) is 12.1 Å². The van der Waals surface area contributed by atoms with Crippen LogP contribution in [-0.2, 0) is 11.3 Å². The molecule has 6 nitrogen and oxygen atoms in total. The lowest BCUT2D eigenvalue weighted by molar-refractivity contribution is 0.185. The number of allylic oxidation sites excluding steroid dienone is 3. The first-order chi connectivity index (χ1) is 12.2. The maximum Gasteiger partial charge on any atom is 0.257 e. The van der Waals surface area contributed by atoms with Crippen LogP contribution in [0.15, 0.2) is 61.6 Å². The van der Waals surface area contributed by atoms with Crippen LogP contribution >= 0.6 is 0 Å². The van der Waals surface area contributed by atoms with Crippen molar-refractivity contribution in [1.82, 2.24) is 19.6 Å².